The molecule has 0 saturated heterocycles. The van der Waals surface area contributed by atoms with E-state index in [1.807, 2.05) is 0 Å². The molecule has 192 valence electrons. The monoisotopic (exact) mass is 527 g/mol. The average molecular weight is 527 g/mol. The van der Waals surface area contributed by atoms with E-state index in [0.29, 0.717) is 6.67 Å². The minimum Gasteiger partial charge on any atom is -0.383 e. The average Bonchev–Trinajstić information content (AvgIpc) is 3.31. The Bertz CT molecular complexity index is 1290. The highest BCUT2D eigenvalue weighted by molar-refractivity contribution is 7.45. The van der Waals surface area contributed by atoms with E-state index < -0.39 is 36.8 Å². The van der Waals surface area contributed by atoms with Crippen molar-refractivity contribution in [3.05, 3.63) is 72.0 Å². The first-order valence-electron chi connectivity index (χ1n) is 10.1. The molecule has 0 radical (unpaired) electrons. The van der Waals surface area contributed by atoms with Gasteiger partial charge >= 0.3 is 7.82 Å². The molecule has 12 nitrogen and oxygen atoms in total. The normalized spacial score (nSPS) is 15.7. The Balaban J connectivity index is 0.000000658. The summed E-state index contributed by atoms with van der Waals surface area (Å²) in [6, 6.07) is 3.53. The van der Waals surface area contributed by atoms with Crippen LogP contribution in [0.3, 0.4) is 0 Å². The van der Waals surface area contributed by atoms with Crippen LogP contribution in [0.5, 0.6) is 0 Å². The van der Waals surface area contributed by atoms with Crippen LogP contribution in [0.25, 0.3) is 11.3 Å². The minimum atomic E-state index is -4.64. The third kappa shape index (κ3) is 6.66. The van der Waals surface area contributed by atoms with Crippen LogP contribution in [0.15, 0.2) is 48.2 Å². The molecule has 4 rings (SSSR count). The highest BCUT2D eigenvalue weighted by Crippen LogP contribution is 2.42. The fourth-order valence-electron chi connectivity index (χ4n) is 3.59. The zero-order chi connectivity index (χ0) is 26.5. The van der Waals surface area contributed by atoms with E-state index in [2.05, 4.69) is 30.4 Å². The lowest BCUT2D eigenvalue weighted by molar-refractivity contribution is -0.0135. The van der Waals surface area contributed by atoms with Crippen LogP contribution in [0, 0.1) is 17.5 Å². The molecule has 0 unspecified atom stereocenters. The number of aliphatic imine (C=N–C) groups is 1. The molecule has 0 aliphatic carbocycles. The summed E-state index contributed by atoms with van der Waals surface area (Å²) in [5.41, 5.74) is 0.983. The van der Waals surface area contributed by atoms with Gasteiger partial charge in [-0.3, -0.25) is 10.0 Å². The van der Waals surface area contributed by atoms with Crippen molar-refractivity contribution in [3.8, 4) is 11.3 Å². The zero-order valence-electron chi connectivity index (χ0n) is 18.6. The lowest BCUT2D eigenvalue weighted by Gasteiger charge is -2.38. The van der Waals surface area contributed by atoms with Crippen LogP contribution >= 0.6 is 7.82 Å². The lowest BCUT2D eigenvalue weighted by Crippen LogP contribution is -2.47. The van der Waals surface area contributed by atoms with Crippen LogP contribution in [-0.4, -0.2) is 64.3 Å². The molecule has 3 aromatic rings. The van der Waals surface area contributed by atoms with Gasteiger partial charge in [0.25, 0.3) is 0 Å². The van der Waals surface area contributed by atoms with Gasteiger partial charge in [-0.25, -0.2) is 43.1 Å². The van der Waals surface area contributed by atoms with Gasteiger partial charge in [0.2, 0.25) is 0 Å². The van der Waals surface area contributed by atoms with Gasteiger partial charge in [0.1, 0.15) is 42.8 Å². The van der Waals surface area contributed by atoms with Gasteiger partial charge in [-0.05, 0) is 17.7 Å². The first kappa shape index (κ1) is 27.3. The van der Waals surface area contributed by atoms with Crippen molar-refractivity contribution in [2.45, 2.75) is 18.4 Å². The maximum atomic E-state index is 14.5. The number of benzene rings is 1. The molecule has 16 heteroatoms. The number of aromatic nitrogens is 4. The van der Waals surface area contributed by atoms with Crippen molar-refractivity contribution in [2.75, 3.05) is 13.2 Å². The largest absolute Gasteiger partial charge is 0.466 e. The first-order chi connectivity index (χ1) is 16.9. The summed E-state index contributed by atoms with van der Waals surface area (Å²) < 4.78 is 52.1. The number of hydrazine groups is 1. The van der Waals surface area contributed by atoms with Gasteiger partial charge in [-0.15, -0.1) is 0 Å². The molecule has 36 heavy (non-hydrogen) atoms. The van der Waals surface area contributed by atoms with E-state index in [1.165, 1.54) is 23.7 Å². The van der Waals surface area contributed by atoms with Crippen molar-refractivity contribution < 1.29 is 37.5 Å². The second-order valence-electron chi connectivity index (χ2n) is 7.57. The van der Waals surface area contributed by atoms with Crippen LogP contribution in [0.2, 0.25) is 0 Å². The predicted octanol–water partition coefficient (Wildman–Crippen LogP) is 1.22. The summed E-state index contributed by atoms with van der Waals surface area (Å²) in [5.74, 6) is -3.10. The smallest absolute Gasteiger partial charge is 0.383 e. The molecule has 1 aliphatic heterocycles. The number of nitrogens with one attached hydrogen (secondary N) is 1. The molecular weight excluding hydrogens is 506 g/mol. The number of aliphatic hydroxyl groups is 1. The fourth-order valence-corrected chi connectivity index (χ4v) is 3.59. The molecule has 0 fully saturated rings. The molecular formula is C20H21F3N7O5P. The van der Waals surface area contributed by atoms with Crippen molar-refractivity contribution in [2.24, 2.45) is 4.99 Å². The highest BCUT2D eigenvalue weighted by atomic mass is 31.2. The molecule has 0 bridgehead atoms. The van der Waals surface area contributed by atoms with Gasteiger partial charge in [-0.2, -0.15) is 0 Å². The van der Waals surface area contributed by atoms with E-state index in [9.17, 15) is 18.3 Å². The van der Waals surface area contributed by atoms with Crippen molar-refractivity contribution >= 4 is 14.2 Å². The number of hydrogen-bond donors (Lipinski definition) is 5. The van der Waals surface area contributed by atoms with E-state index in [-0.39, 0.29) is 29.1 Å². The molecule has 0 saturated carbocycles. The highest BCUT2D eigenvalue weighted by Gasteiger charge is 2.43. The Hall–Kier alpha value is -3.33. The number of nitrogens with zero attached hydrogens (tertiary/aromatic N) is 6. The molecule has 2 aromatic heterocycles. The summed E-state index contributed by atoms with van der Waals surface area (Å²) >= 11 is 0. The Kier molecular flexibility index (Phi) is 8.45. The second-order valence-corrected chi connectivity index (χ2v) is 8.59. The number of hydrogen-bond acceptors (Lipinski definition) is 9. The van der Waals surface area contributed by atoms with Crippen molar-refractivity contribution in [1.82, 2.24) is 30.4 Å². The van der Waals surface area contributed by atoms with Crippen LogP contribution in [0.4, 0.5) is 13.2 Å². The zero-order valence-corrected chi connectivity index (χ0v) is 19.5. The molecule has 5 N–H and O–H groups in total. The number of rotatable bonds is 6. The van der Waals surface area contributed by atoms with Gasteiger partial charge in [0, 0.05) is 11.5 Å². The van der Waals surface area contributed by atoms with Crippen LogP contribution in [0.1, 0.15) is 24.1 Å². The van der Waals surface area contributed by atoms with Crippen LogP contribution in [-0.2, 0) is 10.2 Å². The van der Waals surface area contributed by atoms with Gasteiger partial charge < -0.3 is 19.8 Å². The Morgan fingerprint density at radius 1 is 1.11 bits per heavy atom. The van der Waals surface area contributed by atoms with Gasteiger partial charge in [-0.1, -0.05) is 13.0 Å². The molecule has 3 heterocycles. The topological polar surface area (TPSA) is 177 Å². The summed E-state index contributed by atoms with van der Waals surface area (Å²) in [5, 5.41) is 13.5. The maximum Gasteiger partial charge on any atom is 0.466 e. The lowest BCUT2D eigenvalue weighted by atomic mass is 9.77. The standard InChI is InChI=1S/C20H18F3N7O.H3O4P/c1-12(18-16(22)5-24-8-27-18)20(31,7-30-11-26-10-29-30)15-3-2-13(21)4-14(15)19-17(23)6-25-9-28-19;1-5(2,3)4/h2-6,8-9,11-12,29,31H,7,10H2,1H3;(H3,1,2,3,4)/t12-,20+;/m0./s1. The minimum absolute atomic E-state index is 0.0138. The molecule has 0 amide bonds. The summed E-state index contributed by atoms with van der Waals surface area (Å²) in [6.45, 7) is 1.75. The maximum absolute atomic E-state index is 14.5. The summed E-state index contributed by atoms with van der Waals surface area (Å²) in [6.07, 6.45) is 5.69. The third-order valence-electron chi connectivity index (χ3n) is 5.19. The Morgan fingerprint density at radius 3 is 2.33 bits per heavy atom. The molecule has 1 aromatic carbocycles. The fraction of sp³-hybridized carbons (Fsp3) is 0.250. The van der Waals surface area contributed by atoms with E-state index in [0.717, 1.165) is 30.9 Å². The molecule has 2 atom stereocenters. The predicted molar refractivity (Wildman–Crippen MR) is 119 cm³/mol. The van der Waals surface area contributed by atoms with Gasteiger partial charge in [0.15, 0.2) is 11.6 Å². The third-order valence-corrected chi connectivity index (χ3v) is 5.19. The summed E-state index contributed by atoms with van der Waals surface area (Å²) in [7, 11) is -4.64. The molecule has 1 aliphatic rings. The summed E-state index contributed by atoms with van der Waals surface area (Å²) in [4.78, 5) is 40.8. The number of β-amino-alcohol motifs (C(OH)–C–C–N with tert-alkyl or cyclic N) is 1. The van der Waals surface area contributed by atoms with E-state index in [4.69, 9.17) is 19.2 Å². The van der Waals surface area contributed by atoms with Gasteiger partial charge in [0.05, 0.1) is 24.6 Å². The molecule has 0 spiro atoms. The SMILES string of the molecule is C[C@@H](c1ncncc1F)[C@](O)(CN1C=NCN1)c1ccc(F)cc1-c1ncncc1F.O=P(O)(O)O. The van der Waals surface area contributed by atoms with Crippen molar-refractivity contribution in [3.63, 3.8) is 0 Å². The van der Waals surface area contributed by atoms with Crippen molar-refractivity contribution in [1.29, 1.82) is 0 Å². The van der Waals surface area contributed by atoms with E-state index >= 15 is 0 Å². The quantitative estimate of drug-likeness (QED) is 0.291. The number of halogens is 3. The van der Waals surface area contributed by atoms with E-state index in [1.54, 1.807) is 6.92 Å². The second kappa shape index (κ2) is 11.2. The Labute approximate surface area is 202 Å². The Morgan fingerprint density at radius 2 is 1.75 bits per heavy atom. The number of phosphoric acid groups is 1. The first-order valence-corrected chi connectivity index (χ1v) is 11.7. The van der Waals surface area contributed by atoms with Crippen LogP contribution < -0.4 is 5.43 Å².